The number of hydrogen-bond donors (Lipinski definition) is 9. The molecule has 0 aliphatic heterocycles. The lowest BCUT2D eigenvalue weighted by molar-refractivity contribution is -0.132. The molecule has 6 amide bonds. The quantitative estimate of drug-likeness (QED) is 0.0437. The van der Waals surface area contributed by atoms with E-state index in [4.69, 9.17) is 11.5 Å². The highest BCUT2D eigenvalue weighted by molar-refractivity contribution is 5.94. The molecule has 0 aromatic heterocycles. The summed E-state index contributed by atoms with van der Waals surface area (Å²) in [5.41, 5.74) is 17.7. The number of rotatable bonds is 18. The fraction of sp³-hybridized carbons (Fsp3) is 0.455. The summed E-state index contributed by atoms with van der Waals surface area (Å²) < 4.78 is 0. The van der Waals surface area contributed by atoms with Crippen LogP contribution < -0.4 is 48.9 Å². The number of nitrogens with two attached hydrogens (primary N) is 2. The van der Waals surface area contributed by atoms with E-state index in [2.05, 4.69) is 42.4 Å². The van der Waals surface area contributed by atoms with E-state index in [1.54, 1.807) is 7.05 Å². The van der Waals surface area contributed by atoms with Gasteiger partial charge in [-0.05, 0) is 49.8 Å². The Hall–Kier alpha value is -5.18. The van der Waals surface area contributed by atoms with Gasteiger partial charge in [0.2, 0.25) is 17.7 Å². The molecule has 48 heavy (non-hydrogen) atoms. The third kappa shape index (κ3) is 14.5. The Kier molecular flexibility index (Phi) is 16.9. The van der Waals surface area contributed by atoms with Gasteiger partial charge in [-0.25, -0.2) is 10.2 Å². The lowest BCUT2D eigenvalue weighted by Gasteiger charge is -2.26. The van der Waals surface area contributed by atoms with Gasteiger partial charge in [-0.2, -0.15) is 0 Å². The van der Waals surface area contributed by atoms with Crippen LogP contribution in [0.5, 0.6) is 0 Å². The van der Waals surface area contributed by atoms with E-state index in [9.17, 15) is 24.0 Å². The van der Waals surface area contributed by atoms with Crippen LogP contribution in [-0.2, 0) is 32.0 Å². The van der Waals surface area contributed by atoms with Gasteiger partial charge in [0.05, 0.1) is 6.04 Å². The molecular weight excluding hydrogens is 616 g/mol. The SMILES string of the molecule is CN=C(N)NCCC[C@H](NC(=O)[C@H](CC(C)C)NC(=O)NNC(=O)[C@H](Cc1ccccc1)NC)C(=O)N[C@@H](Cc1ccccc1)C(N)=O. The predicted octanol–water partition coefficient (Wildman–Crippen LogP) is -0.426. The first-order chi connectivity index (χ1) is 22.9. The maximum absolute atomic E-state index is 13.5. The number of primary amides is 1. The number of amides is 6. The van der Waals surface area contributed by atoms with Crippen LogP contribution in [0, 0.1) is 5.92 Å². The highest BCUT2D eigenvalue weighted by Crippen LogP contribution is 2.09. The minimum absolute atomic E-state index is 0.0203. The maximum atomic E-state index is 13.5. The lowest BCUT2D eigenvalue weighted by Crippen LogP contribution is -2.59. The maximum Gasteiger partial charge on any atom is 0.334 e. The summed E-state index contributed by atoms with van der Waals surface area (Å²) in [7, 11) is 3.17. The first-order valence-electron chi connectivity index (χ1n) is 15.9. The normalized spacial score (nSPS) is 13.7. The molecule has 0 saturated heterocycles. The molecule has 0 saturated carbocycles. The van der Waals surface area contributed by atoms with Crippen LogP contribution in [-0.4, -0.2) is 80.4 Å². The third-order valence-corrected chi connectivity index (χ3v) is 7.37. The number of likely N-dealkylation sites (N-methyl/N-ethyl adjacent to an activating group) is 1. The number of carbonyl (C=O) groups excluding carboxylic acids is 5. The number of nitrogens with one attached hydrogen (secondary N) is 7. The minimum Gasteiger partial charge on any atom is -0.370 e. The molecule has 4 atom stereocenters. The summed E-state index contributed by atoms with van der Waals surface area (Å²) in [6.07, 6.45) is 1.36. The molecule has 0 fully saturated rings. The molecule has 15 heteroatoms. The van der Waals surface area contributed by atoms with Crippen molar-refractivity contribution in [2.75, 3.05) is 20.6 Å². The van der Waals surface area contributed by atoms with Gasteiger partial charge < -0.3 is 38.1 Å². The van der Waals surface area contributed by atoms with Gasteiger partial charge in [0.1, 0.15) is 18.1 Å². The molecular formula is C33H50N10O5. The van der Waals surface area contributed by atoms with E-state index in [0.29, 0.717) is 19.4 Å². The summed E-state index contributed by atoms with van der Waals surface area (Å²) in [6, 6.07) is 13.9. The topological polar surface area (TPSA) is 234 Å². The van der Waals surface area contributed by atoms with Crippen molar-refractivity contribution in [1.29, 1.82) is 0 Å². The second-order valence-corrected chi connectivity index (χ2v) is 11.7. The molecule has 0 aliphatic carbocycles. The third-order valence-electron chi connectivity index (χ3n) is 7.37. The molecule has 0 unspecified atom stereocenters. The van der Waals surface area contributed by atoms with E-state index in [-0.39, 0.29) is 31.1 Å². The van der Waals surface area contributed by atoms with Gasteiger partial charge in [-0.15, -0.1) is 0 Å². The van der Waals surface area contributed by atoms with E-state index < -0.39 is 53.8 Å². The van der Waals surface area contributed by atoms with E-state index in [1.165, 1.54) is 7.05 Å². The van der Waals surface area contributed by atoms with E-state index in [1.807, 2.05) is 74.5 Å². The zero-order valence-corrected chi connectivity index (χ0v) is 28.0. The summed E-state index contributed by atoms with van der Waals surface area (Å²) in [6.45, 7) is 4.11. The lowest BCUT2D eigenvalue weighted by atomic mass is 10.0. The van der Waals surface area contributed by atoms with Crippen LogP contribution in [0.4, 0.5) is 4.79 Å². The van der Waals surface area contributed by atoms with Crippen LogP contribution in [0.1, 0.15) is 44.2 Å². The molecule has 0 heterocycles. The molecule has 0 bridgehead atoms. The van der Waals surface area contributed by atoms with Crippen molar-refractivity contribution in [3.05, 3.63) is 71.8 Å². The average Bonchev–Trinajstić information content (AvgIpc) is 3.07. The van der Waals surface area contributed by atoms with E-state index in [0.717, 1.165) is 11.1 Å². The number of hydrogen-bond acceptors (Lipinski definition) is 7. The molecule has 2 rings (SSSR count). The van der Waals surface area contributed by atoms with Crippen molar-refractivity contribution >= 4 is 35.6 Å². The van der Waals surface area contributed by atoms with Crippen LogP contribution in [0.25, 0.3) is 0 Å². The number of hydrazine groups is 1. The summed E-state index contributed by atoms with van der Waals surface area (Å²) in [5, 5.41) is 13.8. The van der Waals surface area contributed by atoms with Crippen molar-refractivity contribution < 1.29 is 24.0 Å². The van der Waals surface area contributed by atoms with Crippen molar-refractivity contribution in [2.45, 2.75) is 70.1 Å². The summed E-state index contributed by atoms with van der Waals surface area (Å²) in [4.78, 5) is 68.7. The molecule has 11 N–H and O–H groups in total. The van der Waals surface area contributed by atoms with Gasteiger partial charge in [-0.1, -0.05) is 74.5 Å². The van der Waals surface area contributed by atoms with Gasteiger partial charge in [0, 0.05) is 20.0 Å². The number of guanidine groups is 1. The number of carbonyl (C=O) groups is 5. The number of aliphatic imine (C=N–C) groups is 1. The second kappa shape index (κ2) is 20.8. The van der Waals surface area contributed by atoms with Gasteiger partial charge in [-0.3, -0.25) is 29.6 Å². The zero-order chi connectivity index (χ0) is 35.5. The summed E-state index contributed by atoms with van der Waals surface area (Å²) >= 11 is 0. The standard InChI is InChI=1S/C33H50N10O5/c1-21(2)18-27(41-33(48)43-42-31(47)26(36-3)20-23-14-9-6-10-15-23)30(46)39-24(16-11-17-38-32(35)37-4)29(45)40-25(28(34)44)19-22-12-7-5-8-13-22/h5-10,12-15,21,24-27,36H,11,16-20H2,1-4H3,(H2,34,44)(H,39,46)(H,40,45)(H,42,47)(H3,35,37,38)(H2,41,43,48)/t24-,25-,26-,27-/m0/s1. The number of urea groups is 1. The molecule has 2 aromatic rings. The van der Waals surface area contributed by atoms with Crippen molar-refractivity contribution in [3.8, 4) is 0 Å². The fourth-order valence-electron chi connectivity index (χ4n) is 4.77. The molecule has 0 radical (unpaired) electrons. The monoisotopic (exact) mass is 666 g/mol. The Labute approximate surface area is 281 Å². The molecule has 2 aromatic carbocycles. The second-order valence-electron chi connectivity index (χ2n) is 11.7. The molecule has 262 valence electrons. The number of benzene rings is 2. The fourth-order valence-corrected chi connectivity index (χ4v) is 4.77. The Morgan fingerprint density at radius 3 is 1.77 bits per heavy atom. The Bertz CT molecular complexity index is 1360. The van der Waals surface area contributed by atoms with Crippen molar-refractivity contribution in [2.24, 2.45) is 22.4 Å². The predicted molar refractivity (Wildman–Crippen MR) is 184 cm³/mol. The largest absolute Gasteiger partial charge is 0.370 e. The minimum atomic E-state index is -1.08. The first kappa shape index (κ1) is 39.0. The van der Waals surface area contributed by atoms with Crippen LogP contribution >= 0.6 is 0 Å². The first-order valence-corrected chi connectivity index (χ1v) is 15.9. The Morgan fingerprint density at radius 1 is 0.708 bits per heavy atom. The van der Waals surface area contributed by atoms with Crippen LogP contribution in [0.3, 0.4) is 0 Å². The molecule has 15 nitrogen and oxygen atoms in total. The molecule has 0 aliphatic rings. The Morgan fingerprint density at radius 2 is 1.25 bits per heavy atom. The van der Waals surface area contributed by atoms with Gasteiger partial charge in [0.25, 0.3) is 5.91 Å². The van der Waals surface area contributed by atoms with Crippen LogP contribution in [0.2, 0.25) is 0 Å². The smallest absolute Gasteiger partial charge is 0.334 e. The highest BCUT2D eigenvalue weighted by Gasteiger charge is 2.30. The highest BCUT2D eigenvalue weighted by atomic mass is 16.2. The van der Waals surface area contributed by atoms with E-state index >= 15 is 0 Å². The van der Waals surface area contributed by atoms with Crippen molar-refractivity contribution in [1.82, 2.24) is 37.4 Å². The van der Waals surface area contributed by atoms with Crippen molar-refractivity contribution in [3.63, 3.8) is 0 Å². The van der Waals surface area contributed by atoms with Gasteiger partial charge >= 0.3 is 6.03 Å². The number of nitrogens with zero attached hydrogens (tertiary/aromatic N) is 1. The van der Waals surface area contributed by atoms with Gasteiger partial charge in [0.15, 0.2) is 5.96 Å². The summed E-state index contributed by atoms with van der Waals surface area (Å²) in [5.74, 6) is -2.24. The Balaban J connectivity index is 2.11. The molecule has 0 spiro atoms. The average molecular weight is 667 g/mol. The van der Waals surface area contributed by atoms with Crippen LogP contribution in [0.15, 0.2) is 65.7 Å². The zero-order valence-electron chi connectivity index (χ0n) is 28.0.